The van der Waals surface area contributed by atoms with E-state index in [1.807, 2.05) is 4.90 Å². The molecule has 1 saturated carbocycles. The van der Waals surface area contributed by atoms with Crippen LogP contribution in [0.1, 0.15) is 37.8 Å². The zero-order chi connectivity index (χ0) is 16.1. The SMILES string of the molecule is O=C(NCCc1cnccn1)N1C2CCC1CC1(C2)CC1(F)F. The number of hydrogen-bond donors (Lipinski definition) is 1. The van der Waals surface area contributed by atoms with E-state index in [2.05, 4.69) is 15.3 Å². The lowest BCUT2D eigenvalue weighted by molar-refractivity contribution is 0.0170. The molecule has 1 aromatic rings. The van der Waals surface area contributed by atoms with E-state index >= 15 is 0 Å². The predicted molar refractivity (Wildman–Crippen MR) is 79.0 cm³/mol. The molecule has 1 aliphatic carbocycles. The number of nitrogens with one attached hydrogen (secondary N) is 1. The van der Waals surface area contributed by atoms with Crippen molar-refractivity contribution in [3.05, 3.63) is 24.3 Å². The Hall–Kier alpha value is -1.79. The number of alkyl halides is 2. The van der Waals surface area contributed by atoms with Crippen LogP contribution in [0.3, 0.4) is 0 Å². The maximum absolute atomic E-state index is 13.6. The van der Waals surface area contributed by atoms with Gasteiger partial charge in [0.1, 0.15) is 0 Å². The van der Waals surface area contributed by atoms with Crippen LogP contribution in [0.15, 0.2) is 18.6 Å². The van der Waals surface area contributed by atoms with E-state index in [0.717, 1.165) is 18.5 Å². The molecule has 3 fully saturated rings. The number of fused-ring (bicyclic) bond motifs is 2. The first-order chi connectivity index (χ1) is 11.0. The van der Waals surface area contributed by atoms with Crippen LogP contribution in [0.5, 0.6) is 0 Å². The van der Waals surface area contributed by atoms with Crippen LogP contribution < -0.4 is 5.32 Å². The molecule has 5 nitrogen and oxygen atoms in total. The third-order valence-corrected chi connectivity index (χ3v) is 5.59. The van der Waals surface area contributed by atoms with Crippen LogP contribution in [0, 0.1) is 5.41 Å². The first kappa shape index (κ1) is 14.8. The minimum absolute atomic E-state index is 0.00906. The average Bonchev–Trinajstić information content (AvgIpc) is 2.90. The molecular formula is C16H20F2N4O. The minimum Gasteiger partial charge on any atom is -0.338 e. The zero-order valence-electron chi connectivity index (χ0n) is 12.8. The van der Waals surface area contributed by atoms with Gasteiger partial charge in [0, 0.05) is 55.5 Å². The van der Waals surface area contributed by atoms with E-state index in [4.69, 9.17) is 0 Å². The van der Waals surface area contributed by atoms with Crippen molar-refractivity contribution in [3.8, 4) is 0 Å². The van der Waals surface area contributed by atoms with Gasteiger partial charge in [0.25, 0.3) is 5.92 Å². The lowest BCUT2D eigenvalue weighted by Gasteiger charge is -2.39. The number of carbonyl (C=O) groups excluding carboxylic acids is 1. The summed E-state index contributed by atoms with van der Waals surface area (Å²) in [5.41, 5.74) is 0.0147. The molecule has 3 aliphatic rings. The number of carbonyl (C=O) groups is 1. The van der Waals surface area contributed by atoms with Crippen molar-refractivity contribution in [1.29, 1.82) is 0 Å². The number of nitrogens with zero attached hydrogens (tertiary/aromatic N) is 3. The van der Waals surface area contributed by atoms with Gasteiger partial charge in [-0.15, -0.1) is 0 Å². The Labute approximate surface area is 133 Å². The average molecular weight is 322 g/mol. The number of piperidine rings is 1. The Morgan fingerprint density at radius 3 is 2.57 bits per heavy atom. The van der Waals surface area contributed by atoms with Gasteiger partial charge in [-0.05, 0) is 25.7 Å². The molecule has 2 atom stereocenters. The summed E-state index contributed by atoms with van der Waals surface area (Å²) < 4.78 is 27.3. The van der Waals surface area contributed by atoms with Gasteiger partial charge in [0.05, 0.1) is 5.69 Å². The summed E-state index contributed by atoms with van der Waals surface area (Å²) in [6, 6.07) is -0.183. The Morgan fingerprint density at radius 1 is 1.30 bits per heavy atom. The van der Waals surface area contributed by atoms with E-state index in [1.54, 1.807) is 18.6 Å². The molecule has 1 spiro atoms. The summed E-state index contributed by atoms with van der Waals surface area (Å²) >= 11 is 0. The normalized spacial score (nSPS) is 33.7. The number of halogens is 2. The maximum atomic E-state index is 13.6. The molecule has 0 radical (unpaired) electrons. The highest BCUT2D eigenvalue weighted by molar-refractivity contribution is 5.75. The first-order valence-electron chi connectivity index (χ1n) is 8.20. The zero-order valence-corrected chi connectivity index (χ0v) is 12.8. The highest BCUT2D eigenvalue weighted by atomic mass is 19.3. The van der Waals surface area contributed by atoms with Gasteiger partial charge in [-0.3, -0.25) is 9.97 Å². The van der Waals surface area contributed by atoms with Crippen LogP contribution in [-0.2, 0) is 6.42 Å². The van der Waals surface area contributed by atoms with Gasteiger partial charge >= 0.3 is 6.03 Å². The molecule has 1 N–H and O–H groups in total. The summed E-state index contributed by atoms with van der Waals surface area (Å²) in [6.45, 7) is 0.481. The van der Waals surface area contributed by atoms with Crippen LogP contribution >= 0.6 is 0 Å². The van der Waals surface area contributed by atoms with Crippen molar-refractivity contribution in [2.24, 2.45) is 5.41 Å². The molecule has 2 amide bonds. The Kier molecular flexibility index (Phi) is 3.28. The highest BCUT2D eigenvalue weighted by Gasteiger charge is 2.74. The van der Waals surface area contributed by atoms with Crippen molar-refractivity contribution in [1.82, 2.24) is 20.2 Å². The monoisotopic (exact) mass is 322 g/mol. The third kappa shape index (κ3) is 2.46. The second kappa shape index (κ2) is 5.11. The quantitative estimate of drug-likeness (QED) is 0.929. The van der Waals surface area contributed by atoms with Crippen LogP contribution in [0.4, 0.5) is 13.6 Å². The fourth-order valence-corrected chi connectivity index (χ4v) is 4.35. The number of aromatic nitrogens is 2. The Balaban J connectivity index is 1.33. The van der Waals surface area contributed by atoms with Gasteiger partial charge in [-0.1, -0.05) is 0 Å². The number of amides is 2. The molecule has 3 heterocycles. The molecule has 4 rings (SSSR count). The second-order valence-corrected chi connectivity index (χ2v) is 7.04. The lowest BCUT2D eigenvalue weighted by Crippen LogP contribution is -2.52. The standard InChI is InChI=1S/C16H20F2N4O/c17-16(18)10-15(16)7-12-1-2-13(8-15)22(12)14(23)21-4-3-11-9-19-5-6-20-11/h5-6,9,12-13H,1-4,7-8,10H2,(H,21,23). The van der Waals surface area contributed by atoms with E-state index in [0.29, 0.717) is 25.8 Å². The van der Waals surface area contributed by atoms with Crippen LogP contribution in [0.2, 0.25) is 0 Å². The molecule has 1 aromatic heterocycles. The van der Waals surface area contributed by atoms with Crippen molar-refractivity contribution < 1.29 is 13.6 Å². The Morgan fingerprint density at radius 2 is 2.00 bits per heavy atom. The number of hydrogen-bond acceptors (Lipinski definition) is 3. The van der Waals surface area contributed by atoms with Gasteiger partial charge in [0.2, 0.25) is 0 Å². The van der Waals surface area contributed by atoms with Crippen molar-refractivity contribution in [2.45, 2.75) is 56.5 Å². The first-order valence-corrected chi connectivity index (χ1v) is 8.20. The molecule has 7 heteroatoms. The van der Waals surface area contributed by atoms with Crippen molar-refractivity contribution >= 4 is 6.03 Å². The topological polar surface area (TPSA) is 58.1 Å². The van der Waals surface area contributed by atoms with E-state index in [1.165, 1.54) is 0 Å². The molecule has 23 heavy (non-hydrogen) atoms. The molecular weight excluding hydrogens is 302 g/mol. The van der Waals surface area contributed by atoms with Gasteiger partial charge in [0.15, 0.2) is 0 Å². The van der Waals surface area contributed by atoms with Crippen molar-refractivity contribution in [2.75, 3.05) is 6.54 Å². The number of urea groups is 1. The smallest absolute Gasteiger partial charge is 0.317 e. The number of rotatable bonds is 3. The van der Waals surface area contributed by atoms with Crippen LogP contribution in [0.25, 0.3) is 0 Å². The fourth-order valence-electron chi connectivity index (χ4n) is 4.35. The molecule has 2 aliphatic heterocycles. The van der Waals surface area contributed by atoms with Gasteiger partial charge in [-0.25, -0.2) is 13.6 Å². The van der Waals surface area contributed by atoms with Crippen LogP contribution in [-0.4, -0.2) is 45.4 Å². The third-order valence-electron chi connectivity index (χ3n) is 5.59. The van der Waals surface area contributed by atoms with E-state index < -0.39 is 11.3 Å². The minimum atomic E-state index is -2.51. The molecule has 0 aromatic carbocycles. The van der Waals surface area contributed by atoms with E-state index in [-0.39, 0.29) is 24.5 Å². The predicted octanol–water partition coefficient (Wildman–Crippen LogP) is 2.38. The fraction of sp³-hybridized carbons (Fsp3) is 0.688. The maximum Gasteiger partial charge on any atom is 0.317 e. The molecule has 2 saturated heterocycles. The summed E-state index contributed by atoms with van der Waals surface area (Å²) in [7, 11) is 0. The summed E-state index contributed by atoms with van der Waals surface area (Å²) in [4.78, 5) is 22.4. The van der Waals surface area contributed by atoms with Crippen molar-refractivity contribution in [3.63, 3.8) is 0 Å². The molecule has 124 valence electrons. The summed E-state index contributed by atoms with van der Waals surface area (Å²) in [5, 5.41) is 2.90. The van der Waals surface area contributed by atoms with Gasteiger partial charge in [-0.2, -0.15) is 0 Å². The lowest BCUT2D eigenvalue weighted by atomic mass is 9.87. The van der Waals surface area contributed by atoms with E-state index in [9.17, 15) is 13.6 Å². The molecule has 2 bridgehead atoms. The summed E-state index contributed by atoms with van der Waals surface area (Å²) in [5.74, 6) is -2.51. The second-order valence-electron chi connectivity index (χ2n) is 7.04. The highest BCUT2D eigenvalue weighted by Crippen LogP contribution is 2.69. The largest absolute Gasteiger partial charge is 0.338 e. The Bertz CT molecular complexity index is 595. The molecule has 2 unspecified atom stereocenters. The van der Waals surface area contributed by atoms with Gasteiger partial charge < -0.3 is 10.2 Å². The summed E-state index contributed by atoms with van der Waals surface area (Å²) in [6.07, 6.45) is 8.13.